The summed E-state index contributed by atoms with van der Waals surface area (Å²) in [6.07, 6.45) is -5.00. The summed E-state index contributed by atoms with van der Waals surface area (Å²) in [4.78, 5) is 22.4. The van der Waals surface area contributed by atoms with Crippen LogP contribution in [0.15, 0.2) is 21.1 Å². The molecule has 0 aromatic heterocycles. The van der Waals surface area contributed by atoms with Crippen LogP contribution in [0.3, 0.4) is 0 Å². The molecule has 1 N–H and O–H groups in total. The molecule has 0 bridgehead atoms. The zero-order valence-corrected chi connectivity index (χ0v) is 13.1. The van der Waals surface area contributed by atoms with Gasteiger partial charge in [-0.15, -0.1) is 0 Å². The minimum Gasteiger partial charge on any atom is -0.462 e. The summed E-state index contributed by atoms with van der Waals surface area (Å²) in [7, 11) is 0. The third-order valence-electron chi connectivity index (χ3n) is 2.05. The number of carbonyl (C=O) groups is 2. The lowest BCUT2D eigenvalue weighted by Crippen LogP contribution is -2.30. The van der Waals surface area contributed by atoms with Gasteiger partial charge in [-0.05, 0) is 50.9 Å². The Balaban J connectivity index is 3.07. The molecule has 0 fully saturated rings. The van der Waals surface area contributed by atoms with Crippen molar-refractivity contribution in [3.8, 4) is 0 Å². The average Bonchev–Trinajstić information content (AvgIpc) is 2.32. The minimum absolute atomic E-state index is 0.118. The molecule has 0 heterocycles. The molecule has 9 heteroatoms. The maximum absolute atomic E-state index is 12.2. The SMILES string of the molecule is CCOC(=O)c1cc(Br)c(NC(=O)C(F)(F)F)c(Br)c1. The first-order valence-corrected chi connectivity index (χ1v) is 6.79. The lowest BCUT2D eigenvalue weighted by Gasteiger charge is -2.12. The largest absolute Gasteiger partial charge is 0.471 e. The fraction of sp³-hybridized carbons (Fsp3) is 0.273. The molecule has 0 saturated heterocycles. The Bertz CT molecular complexity index is 523. The molecule has 0 atom stereocenters. The summed E-state index contributed by atoms with van der Waals surface area (Å²) in [5.74, 6) is -2.73. The highest BCUT2D eigenvalue weighted by atomic mass is 79.9. The number of hydrogen-bond donors (Lipinski definition) is 1. The third-order valence-corrected chi connectivity index (χ3v) is 3.30. The monoisotopic (exact) mass is 417 g/mol. The van der Waals surface area contributed by atoms with Crippen LogP contribution < -0.4 is 5.32 Å². The Morgan fingerprint density at radius 1 is 1.25 bits per heavy atom. The first kappa shape index (κ1) is 17.0. The van der Waals surface area contributed by atoms with Gasteiger partial charge >= 0.3 is 18.1 Å². The molecule has 1 amide bonds. The van der Waals surface area contributed by atoms with E-state index in [0.717, 1.165) is 0 Å². The first-order chi connectivity index (χ1) is 9.16. The fourth-order valence-electron chi connectivity index (χ4n) is 1.21. The highest BCUT2D eigenvalue weighted by Gasteiger charge is 2.39. The van der Waals surface area contributed by atoms with E-state index in [1.54, 1.807) is 12.2 Å². The van der Waals surface area contributed by atoms with E-state index in [1.807, 2.05) is 0 Å². The van der Waals surface area contributed by atoms with Gasteiger partial charge in [0.25, 0.3) is 0 Å². The quantitative estimate of drug-likeness (QED) is 0.757. The van der Waals surface area contributed by atoms with Crippen LogP contribution in [0.25, 0.3) is 0 Å². The minimum atomic E-state index is -5.00. The van der Waals surface area contributed by atoms with Crippen LogP contribution in [0.5, 0.6) is 0 Å². The number of anilines is 1. The molecule has 0 aliphatic heterocycles. The number of nitrogens with one attached hydrogen (secondary N) is 1. The van der Waals surface area contributed by atoms with Crippen molar-refractivity contribution in [1.29, 1.82) is 0 Å². The number of hydrogen-bond acceptors (Lipinski definition) is 3. The van der Waals surface area contributed by atoms with Crippen LogP contribution in [0.1, 0.15) is 17.3 Å². The Morgan fingerprint density at radius 2 is 1.75 bits per heavy atom. The number of carbonyl (C=O) groups excluding carboxylic acids is 2. The highest BCUT2D eigenvalue weighted by molar-refractivity contribution is 9.11. The van der Waals surface area contributed by atoms with Gasteiger partial charge < -0.3 is 10.1 Å². The van der Waals surface area contributed by atoms with Crippen molar-refractivity contribution in [2.75, 3.05) is 11.9 Å². The lowest BCUT2D eigenvalue weighted by atomic mass is 10.2. The lowest BCUT2D eigenvalue weighted by molar-refractivity contribution is -0.167. The third kappa shape index (κ3) is 4.20. The summed E-state index contributed by atoms with van der Waals surface area (Å²) in [6.45, 7) is 1.79. The van der Waals surface area contributed by atoms with E-state index < -0.39 is 18.1 Å². The molecule has 0 radical (unpaired) electrons. The van der Waals surface area contributed by atoms with Crippen molar-refractivity contribution in [2.45, 2.75) is 13.1 Å². The first-order valence-electron chi connectivity index (χ1n) is 5.21. The van der Waals surface area contributed by atoms with E-state index in [2.05, 4.69) is 31.9 Å². The summed E-state index contributed by atoms with van der Waals surface area (Å²) < 4.78 is 41.6. The Hall–Kier alpha value is -1.09. The van der Waals surface area contributed by atoms with Gasteiger partial charge in [0, 0.05) is 8.95 Å². The van der Waals surface area contributed by atoms with Crippen LogP contribution in [-0.2, 0) is 9.53 Å². The van der Waals surface area contributed by atoms with E-state index in [1.165, 1.54) is 12.1 Å². The number of esters is 1. The van der Waals surface area contributed by atoms with E-state index >= 15 is 0 Å². The standard InChI is InChI=1S/C11H8Br2F3NO3/c1-2-20-9(18)5-3-6(12)8(7(13)4-5)17-10(19)11(14,15)16/h3-4H,2H2,1H3,(H,17,19). The molecule has 110 valence electrons. The van der Waals surface area contributed by atoms with Gasteiger partial charge in [-0.1, -0.05) is 0 Å². The van der Waals surface area contributed by atoms with Gasteiger partial charge in [-0.2, -0.15) is 13.2 Å². The van der Waals surface area contributed by atoms with E-state index in [4.69, 9.17) is 4.74 Å². The van der Waals surface area contributed by atoms with Crippen LogP contribution in [0, 0.1) is 0 Å². The second kappa shape index (κ2) is 6.57. The van der Waals surface area contributed by atoms with Crippen LogP contribution in [0.4, 0.5) is 18.9 Å². The summed E-state index contributed by atoms with van der Waals surface area (Å²) in [6, 6.07) is 2.52. The van der Waals surface area contributed by atoms with Crippen molar-refractivity contribution in [3.05, 3.63) is 26.6 Å². The molecule has 0 spiro atoms. The van der Waals surface area contributed by atoms with Gasteiger partial charge in [0.2, 0.25) is 0 Å². The molecule has 4 nitrogen and oxygen atoms in total. The maximum Gasteiger partial charge on any atom is 0.471 e. The van der Waals surface area contributed by atoms with Gasteiger partial charge in [0.1, 0.15) is 0 Å². The molecule has 0 aliphatic rings. The molecular formula is C11H8Br2F3NO3. The maximum atomic E-state index is 12.2. The summed E-state index contributed by atoms with van der Waals surface area (Å²) in [5.41, 5.74) is 0.0102. The van der Waals surface area contributed by atoms with Crippen molar-refractivity contribution < 1.29 is 27.5 Å². The van der Waals surface area contributed by atoms with Crippen LogP contribution in [-0.4, -0.2) is 24.7 Å². The number of ether oxygens (including phenoxy) is 1. The fourth-order valence-corrected chi connectivity index (χ4v) is 2.59. The van der Waals surface area contributed by atoms with Crippen molar-refractivity contribution in [1.82, 2.24) is 0 Å². The predicted molar refractivity (Wildman–Crippen MR) is 72.5 cm³/mol. The topological polar surface area (TPSA) is 55.4 Å². The van der Waals surface area contributed by atoms with Crippen LogP contribution >= 0.6 is 31.9 Å². The van der Waals surface area contributed by atoms with E-state index in [0.29, 0.717) is 0 Å². The zero-order valence-electron chi connectivity index (χ0n) is 9.98. The Labute approximate surface area is 128 Å². The number of halogens is 5. The van der Waals surface area contributed by atoms with Gasteiger partial charge in [0.05, 0.1) is 17.9 Å². The Morgan fingerprint density at radius 3 is 2.15 bits per heavy atom. The molecule has 0 unspecified atom stereocenters. The normalized spacial score (nSPS) is 11.1. The number of benzene rings is 1. The van der Waals surface area contributed by atoms with E-state index in [9.17, 15) is 22.8 Å². The number of rotatable bonds is 3. The smallest absolute Gasteiger partial charge is 0.462 e. The summed E-state index contributed by atoms with van der Waals surface area (Å²) >= 11 is 5.99. The van der Waals surface area contributed by atoms with Crippen molar-refractivity contribution in [3.63, 3.8) is 0 Å². The van der Waals surface area contributed by atoms with Crippen molar-refractivity contribution >= 4 is 49.4 Å². The molecular weight excluding hydrogens is 411 g/mol. The molecule has 1 aromatic rings. The average molecular weight is 419 g/mol. The predicted octanol–water partition coefficient (Wildman–Crippen LogP) is 3.89. The molecule has 20 heavy (non-hydrogen) atoms. The van der Waals surface area contributed by atoms with Crippen molar-refractivity contribution in [2.24, 2.45) is 0 Å². The summed E-state index contributed by atoms with van der Waals surface area (Å²) in [5, 5.41) is 1.71. The number of alkyl halides is 3. The van der Waals surface area contributed by atoms with E-state index in [-0.39, 0.29) is 26.8 Å². The number of amides is 1. The molecule has 1 aromatic carbocycles. The van der Waals surface area contributed by atoms with Gasteiger partial charge in [-0.25, -0.2) is 4.79 Å². The molecule has 1 rings (SSSR count). The van der Waals surface area contributed by atoms with Gasteiger partial charge in [0.15, 0.2) is 0 Å². The van der Waals surface area contributed by atoms with Gasteiger partial charge in [-0.3, -0.25) is 4.79 Å². The Kier molecular flexibility index (Phi) is 5.58. The second-order valence-electron chi connectivity index (χ2n) is 3.49. The highest BCUT2D eigenvalue weighted by Crippen LogP contribution is 2.34. The molecule has 0 saturated carbocycles. The zero-order chi connectivity index (χ0) is 15.5. The second-order valence-corrected chi connectivity index (χ2v) is 5.20. The molecule has 0 aliphatic carbocycles. The van der Waals surface area contributed by atoms with Crippen LogP contribution in [0.2, 0.25) is 0 Å².